The highest BCUT2D eigenvalue weighted by Crippen LogP contribution is 2.30. The Bertz CT molecular complexity index is 506. The third-order valence-corrected chi connectivity index (χ3v) is 5.10. The van der Waals surface area contributed by atoms with Crippen molar-refractivity contribution in [2.45, 2.75) is 50.5 Å². The predicted molar refractivity (Wildman–Crippen MR) is 93.8 cm³/mol. The van der Waals surface area contributed by atoms with Crippen LogP contribution in [0.2, 0.25) is 0 Å². The molecule has 0 aromatic heterocycles. The van der Waals surface area contributed by atoms with Gasteiger partial charge in [-0.25, -0.2) is 0 Å². The fourth-order valence-electron chi connectivity index (χ4n) is 3.46. The molecule has 2 rings (SSSR count). The van der Waals surface area contributed by atoms with Crippen LogP contribution in [0, 0.1) is 0 Å². The summed E-state index contributed by atoms with van der Waals surface area (Å²) in [5.41, 5.74) is 1.10. The van der Waals surface area contributed by atoms with E-state index in [1.165, 1.54) is 38.5 Å². The predicted octanol–water partition coefficient (Wildman–Crippen LogP) is 3.01. The monoisotopic (exact) mass is 318 g/mol. The maximum absolute atomic E-state index is 12.3. The SMILES string of the molecule is COc1cccc(CC(=O)NCC2(N(C)C)CCCCCC2)c1. The second-order valence-corrected chi connectivity index (χ2v) is 6.84. The molecule has 1 aliphatic rings. The number of nitrogens with zero attached hydrogens (tertiary/aromatic N) is 1. The van der Waals surface area contributed by atoms with Crippen molar-refractivity contribution in [3.8, 4) is 5.75 Å². The van der Waals surface area contributed by atoms with E-state index in [1.54, 1.807) is 7.11 Å². The number of likely N-dealkylation sites (N-methyl/N-ethyl adjacent to an activating group) is 1. The molecule has 1 N–H and O–H groups in total. The van der Waals surface area contributed by atoms with Gasteiger partial charge in [-0.15, -0.1) is 0 Å². The molecule has 0 atom stereocenters. The van der Waals surface area contributed by atoms with Gasteiger partial charge >= 0.3 is 0 Å². The van der Waals surface area contributed by atoms with Crippen LogP contribution in [0.3, 0.4) is 0 Å². The molecule has 128 valence electrons. The van der Waals surface area contributed by atoms with Crippen LogP contribution in [0.25, 0.3) is 0 Å². The van der Waals surface area contributed by atoms with E-state index in [9.17, 15) is 4.79 Å². The second kappa shape index (κ2) is 8.34. The van der Waals surface area contributed by atoms with Crippen molar-refractivity contribution in [3.63, 3.8) is 0 Å². The Labute approximate surface area is 140 Å². The van der Waals surface area contributed by atoms with Gasteiger partial charge in [0.05, 0.1) is 13.5 Å². The van der Waals surface area contributed by atoms with Gasteiger partial charge in [0.15, 0.2) is 0 Å². The molecular weight excluding hydrogens is 288 g/mol. The maximum Gasteiger partial charge on any atom is 0.224 e. The summed E-state index contributed by atoms with van der Waals surface area (Å²) < 4.78 is 5.21. The van der Waals surface area contributed by atoms with Crippen LogP contribution < -0.4 is 10.1 Å². The lowest BCUT2D eigenvalue weighted by atomic mass is 9.88. The summed E-state index contributed by atoms with van der Waals surface area (Å²) in [5, 5.41) is 3.17. The van der Waals surface area contributed by atoms with E-state index in [-0.39, 0.29) is 11.4 Å². The van der Waals surface area contributed by atoms with Crippen molar-refractivity contribution in [2.24, 2.45) is 0 Å². The molecule has 0 aliphatic heterocycles. The van der Waals surface area contributed by atoms with Gasteiger partial charge in [0.25, 0.3) is 0 Å². The molecule has 23 heavy (non-hydrogen) atoms. The smallest absolute Gasteiger partial charge is 0.224 e. The Kier molecular flexibility index (Phi) is 6.46. The fraction of sp³-hybridized carbons (Fsp3) is 0.632. The van der Waals surface area contributed by atoms with E-state index in [0.717, 1.165) is 17.9 Å². The number of benzene rings is 1. The Balaban J connectivity index is 1.93. The first-order valence-corrected chi connectivity index (χ1v) is 8.63. The molecule has 0 spiro atoms. The molecule has 1 aromatic carbocycles. The van der Waals surface area contributed by atoms with Crippen LogP contribution in [0.15, 0.2) is 24.3 Å². The van der Waals surface area contributed by atoms with E-state index in [2.05, 4.69) is 24.3 Å². The zero-order valence-corrected chi connectivity index (χ0v) is 14.7. The lowest BCUT2D eigenvalue weighted by Crippen LogP contribution is -2.52. The number of amides is 1. The Hall–Kier alpha value is -1.55. The van der Waals surface area contributed by atoms with Crippen LogP contribution in [-0.4, -0.2) is 44.1 Å². The van der Waals surface area contributed by atoms with E-state index in [4.69, 9.17) is 4.74 Å². The summed E-state index contributed by atoms with van der Waals surface area (Å²) in [7, 11) is 5.92. The minimum atomic E-state index is 0.0868. The van der Waals surface area contributed by atoms with Crippen molar-refractivity contribution in [2.75, 3.05) is 27.7 Å². The van der Waals surface area contributed by atoms with Crippen LogP contribution in [-0.2, 0) is 11.2 Å². The van der Waals surface area contributed by atoms with Gasteiger partial charge in [0, 0.05) is 12.1 Å². The van der Waals surface area contributed by atoms with Gasteiger partial charge in [-0.1, -0.05) is 37.8 Å². The molecule has 1 amide bonds. The topological polar surface area (TPSA) is 41.6 Å². The van der Waals surface area contributed by atoms with Gasteiger partial charge in [-0.3, -0.25) is 4.79 Å². The third kappa shape index (κ3) is 4.96. The number of rotatable bonds is 6. The molecule has 4 nitrogen and oxygen atoms in total. The average molecular weight is 318 g/mol. The molecular formula is C19H30N2O2. The van der Waals surface area contributed by atoms with Crippen LogP contribution >= 0.6 is 0 Å². The Morgan fingerprint density at radius 3 is 2.52 bits per heavy atom. The summed E-state index contributed by atoms with van der Waals surface area (Å²) in [6.45, 7) is 0.739. The number of carbonyl (C=O) groups is 1. The summed E-state index contributed by atoms with van der Waals surface area (Å²) in [6.07, 6.45) is 7.87. The van der Waals surface area contributed by atoms with Gasteiger partial charge < -0.3 is 15.0 Å². The highest BCUT2D eigenvalue weighted by Gasteiger charge is 2.33. The van der Waals surface area contributed by atoms with Crippen LogP contribution in [0.1, 0.15) is 44.1 Å². The van der Waals surface area contributed by atoms with Crippen molar-refractivity contribution in [1.82, 2.24) is 10.2 Å². The summed E-state index contributed by atoms with van der Waals surface area (Å²) in [6, 6.07) is 7.71. The average Bonchev–Trinajstić information content (AvgIpc) is 2.80. The summed E-state index contributed by atoms with van der Waals surface area (Å²) >= 11 is 0. The van der Waals surface area contributed by atoms with Crippen molar-refractivity contribution >= 4 is 5.91 Å². The molecule has 0 saturated heterocycles. The highest BCUT2D eigenvalue weighted by molar-refractivity contribution is 5.78. The lowest BCUT2D eigenvalue weighted by Gasteiger charge is -2.39. The van der Waals surface area contributed by atoms with E-state index >= 15 is 0 Å². The molecule has 4 heteroatoms. The van der Waals surface area contributed by atoms with Gasteiger partial charge in [-0.05, 0) is 44.6 Å². The number of hydrogen-bond acceptors (Lipinski definition) is 3. The van der Waals surface area contributed by atoms with E-state index in [1.807, 2.05) is 24.3 Å². The minimum Gasteiger partial charge on any atom is -0.497 e. The minimum absolute atomic E-state index is 0.0868. The van der Waals surface area contributed by atoms with Crippen LogP contribution in [0.4, 0.5) is 0 Å². The molecule has 0 unspecified atom stereocenters. The second-order valence-electron chi connectivity index (χ2n) is 6.84. The molecule has 1 fully saturated rings. The van der Waals surface area contributed by atoms with Crippen molar-refractivity contribution in [1.29, 1.82) is 0 Å². The Morgan fingerprint density at radius 2 is 1.91 bits per heavy atom. The van der Waals surface area contributed by atoms with Gasteiger partial charge in [0.1, 0.15) is 5.75 Å². The first-order valence-electron chi connectivity index (χ1n) is 8.63. The maximum atomic E-state index is 12.3. The first-order chi connectivity index (χ1) is 11.1. The van der Waals surface area contributed by atoms with Gasteiger partial charge in [-0.2, -0.15) is 0 Å². The molecule has 1 aromatic rings. The summed E-state index contributed by atoms with van der Waals surface area (Å²) in [4.78, 5) is 14.6. The van der Waals surface area contributed by atoms with Crippen molar-refractivity contribution < 1.29 is 9.53 Å². The lowest BCUT2D eigenvalue weighted by molar-refractivity contribution is -0.121. The number of carbonyl (C=O) groups excluding carboxylic acids is 1. The molecule has 0 radical (unpaired) electrons. The zero-order valence-electron chi connectivity index (χ0n) is 14.7. The quantitative estimate of drug-likeness (QED) is 0.820. The van der Waals surface area contributed by atoms with Gasteiger partial charge in [0.2, 0.25) is 5.91 Å². The standard InChI is InChI=1S/C19H30N2O2/c1-21(2)19(11-6-4-5-7-12-19)15-20-18(22)14-16-9-8-10-17(13-16)23-3/h8-10,13H,4-7,11-12,14-15H2,1-3H3,(H,20,22). The van der Waals surface area contributed by atoms with Crippen LogP contribution in [0.5, 0.6) is 5.75 Å². The van der Waals surface area contributed by atoms with E-state index in [0.29, 0.717) is 6.42 Å². The number of hydrogen-bond donors (Lipinski definition) is 1. The fourth-order valence-corrected chi connectivity index (χ4v) is 3.46. The third-order valence-electron chi connectivity index (χ3n) is 5.10. The molecule has 1 aliphatic carbocycles. The number of nitrogens with one attached hydrogen (secondary N) is 1. The largest absolute Gasteiger partial charge is 0.497 e. The highest BCUT2D eigenvalue weighted by atomic mass is 16.5. The first kappa shape index (κ1) is 17.8. The number of methoxy groups -OCH3 is 1. The zero-order chi connectivity index (χ0) is 16.7. The Morgan fingerprint density at radius 1 is 1.22 bits per heavy atom. The molecule has 0 heterocycles. The molecule has 1 saturated carbocycles. The normalized spacial score (nSPS) is 17.6. The van der Waals surface area contributed by atoms with E-state index < -0.39 is 0 Å². The van der Waals surface area contributed by atoms with Crippen molar-refractivity contribution in [3.05, 3.63) is 29.8 Å². The summed E-state index contributed by atoms with van der Waals surface area (Å²) in [5.74, 6) is 0.882. The molecule has 0 bridgehead atoms. The number of ether oxygens (including phenoxy) is 1.